The van der Waals surface area contributed by atoms with Crippen molar-refractivity contribution in [3.63, 3.8) is 0 Å². The number of amides is 1. The van der Waals surface area contributed by atoms with E-state index in [9.17, 15) is 14.9 Å². The molecule has 0 aromatic carbocycles. The molecule has 7 heteroatoms. The monoisotopic (exact) mass is 122 g/mol. The second-order valence-corrected chi connectivity index (χ2v) is 0.810. The molecule has 0 rings (SSSR count). The zero-order chi connectivity index (χ0) is 6.73. The van der Waals surface area contributed by atoms with Crippen LogP contribution in [-0.2, 0) is 0 Å². The molecule has 0 radical (unpaired) electrons. The Bertz CT molecular complexity index is 106. The summed E-state index contributed by atoms with van der Waals surface area (Å²) in [4.78, 5) is 18.6. The van der Waals surface area contributed by atoms with Crippen LogP contribution < -0.4 is 0 Å². The Hall–Kier alpha value is -1.37. The third-order valence-electron chi connectivity index (χ3n) is 0.326. The quantitative estimate of drug-likeness (QED) is 0.278. The van der Waals surface area contributed by atoms with E-state index in [4.69, 9.17) is 10.3 Å². The van der Waals surface area contributed by atoms with Gasteiger partial charge in [-0.25, -0.2) is 20.1 Å². The second kappa shape index (κ2) is 2.07. The van der Waals surface area contributed by atoms with Crippen LogP contribution in [0.2, 0.25) is 0 Å². The zero-order valence-corrected chi connectivity index (χ0v) is 3.51. The fourth-order valence-corrected chi connectivity index (χ4v) is 0.0698. The molecule has 8 heavy (non-hydrogen) atoms. The van der Waals surface area contributed by atoms with Crippen LogP contribution in [0.25, 0.3) is 0 Å². The van der Waals surface area contributed by atoms with E-state index in [1.165, 1.54) is 0 Å². The number of carbonyl (C=O) groups is 1. The molecule has 0 fully saturated rings. The summed E-state index contributed by atoms with van der Waals surface area (Å²) in [5.41, 5.74) is 0. The van der Waals surface area contributed by atoms with Gasteiger partial charge >= 0.3 is 6.09 Å². The molecule has 0 saturated heterocycles. The number of hydrogen-bond acceptors (Lipinski definition) is 4. The Balaban J connectivity index is 3.83. The van der Waals surface area contributed by atoms with Crippen molar-refractivity contribution in [2.75, 3.05) is 0 Å². The van der Waals surface area contributed by atoms with Gasteiger partial charge in [0.15, 0.2) is 5.03 Å². The third-order valence-corrected chi connectivity index (χ3v) is 0.326. The van der Waals surface area contributed by atoms with Gasteiger partial charge in [0, 0.05) is 0 Å². The highest BCUT2D eigenvalue weighted by atomic mass is 16.8. The van der Waals surface area contributed by atoms with Gasteiger partial charge in [0.2, 0.25) is 0 Å². The van der Waals surface area contributed by atoms with Crippen molar-refractivity contribution < 1.29 is 20.1 Å². The van der Waals surface area contributed by atoms with Gasteiger partial charge in [0.25, 0.3) is 0 Å². The van der Waals surface area contributed by atoms with Crippen LogP contribution in [0.4, 0.5) is 4.79 Å². The molecule has 0 atom stereocenters. The molecule has 0 aliphatic rings. The van der Waals surface area contributed by atoms with Gasteiger partial charge in [-0.15, -0.1) is 0 Å². The number of nitro groups is 1. The summed E-state index contributed by atoms with van der Waals surface area (Å²) in [6.07, 6.45) is -2.02. The van der Waals surface area contributed by atoms with Crippen molar-refractivity contribution in [3.05, 3.63) is 10.1 Å². The van der Waals surface area contributed by atoms with Crippen molar-refractivity contribution in [1.29, 1.82) is 0 Å². The molecule has 0 saturated carbocycles. The van der Waals surface area contributed by atoms with Crippen LogP contribution in [0.5, 0.6) is 0 Å². The first-order valence-corrected chi connectivity index (χ1v) is 1.42. The fraction of sp³-hybridized carbons (Fsp3) is 0. The molecule has 0 bridgehead atoms. The predicted molar refractivity (Wildman–Crippen MR) is 18.6 cm³/mol. The van der Waals surface area contributed by atoms with Crippen molar-refractivity contribution in [2.24, 2.45) is 0 Å². The lowest BCUT2D eigenvalue weighted by molar-refractivity contribution is -0.705. The summed E-state index contributed by atoms with van der Waals surface area (Å²) in [7, 11) is 0. The summed E-state index contributed by atoms with van der Waals surface area (Å²) in [6.45, 7) is 0. The Labute approximate surface area is 42.8 Å². The smallest absolute Gasteiger partial charge is 0.459 e. The largest absolute Gasteiger partial charge is 0.495 e. The van der Waals surface area contributed by atoms with E-state index < -0.39 is 16.3 Å². The van der Waals surface area contributed by atoms with Crippen molar-refractivity contribution in [2.45, 2.75) is 0 Å². The Morgan fingerprint density at radius 3 is 2.12 bits per heavy atom. The van der Waals surface area contributed by atoms with Crippen molar-refractivity contribution in [1.82, 2.24) is 5.17 Å². The topological polar surface area (TPSA) is 104 Å². The number of nitrogens with zero attached hydrogens (tertiary/aromatic N) is 2. The summed E-state index contributed by atoms with van der Waals surface area (Å²) in [5.74, 6) is 0. The number of hydrazine groups is 1. The van der Waals surface area contributed by atoms with Crippen LogP contribution in [0.1, 0.15) is 0 Å². The van der Waals surface area contributed by atoms with Gasteiger partial charge in [-0.1, -0.05) is 0 Å². The molecule has 0 unspecified atom stereocenters. The third kappa shape index (κ3) is 1.39. The minimum Gasteiger partial charge on any atom is -0.459 e. The maximum Gasteiger partial charge on any atom is 0.495 e. The summed E-state index contributed by atoms with van der Waals surface area (Å²) >= 11 is 0. The van der Waals surface area contributed by atoms with E-state index in [2.05, 4.69) is 0 Å². The summed E-state index contributed by atoms with van der Waals surface area (Å²) in [6, 6.07) is 0. The minimum atomic E-state index is -2.02. The predicted octanol–water partition coefficient (Wildman–Crippen LogP) is -0.453. The van der Waals surface area contributed by atoms with Crippen LogP contribution in [-0.4, -0.2) is 26.6 Å². The number of rotatable bonds is 1. The van der Waals surface area contributed by atoms with Crippen molar-refractivity contribution in [3.8, 4) is 0 Å². The van der Waals surface area contributed by atoms with E-state index in [-0.39, 0.29) is 0 Å². The Morgan fingerprint density at radius 2 is 2.12 bits per heavy atom. The molecule has 0 spiro atoms. The lowest BCUT2D eigenvalue weighted by Crippen LogP contribution is -2.31. The van der Waals surface area contributed by atoms with E-state index in [0.29, 0.717) is 0 Å². The fourth-order valence-electron chi connectivity index (χ4n) is 0.0698. The molecule has 0 aliphatic carbocycles. The lowest BCUT2D eigenvalue weighted by atomic mass is 11.2. The Kier molecular flexibility index (Phi) is 1.72. The van der Waals surface area contributed by atoms with Crippen LogP contribution in [0, 0.1) is 10.1 Å². The average molecular weight is 122 g/mol. The second-order valence-electron chi connectivity index (χ2n) is 0.810. The molecule has 0 aliphatic heterocycles. The SMILES string of the molecule is O=C(O)N(O)[N+](=O)[O-]. The molecule has 0 aromatic rings. The maximum atomic E-state index is 9.38. The summed E-state index contributed by atoms with van der Waals surface area (Å²) < 4.78 is 0. The molecule has 0 heterocycles. The first kappa shape index (κ1) is 6.63. The van der Waals surface area contributed by atoms with Gasteiger partial charge in [-0.3, -0.25) is 0 Å². The lowest BCUT2D eigenvalue weighted by Gasteiger charge is -1.94. The normalized spacial score (nSPS) is 8.12. The highest BCUT2D eigenvalue weighted by Gasteiger charge is 2.18. The molecule has 7 nitrogen and oxygen atoms in total. The number of hydrogen-bond donors (Lipinski definition) is 2. The van der Waals surface area contributed by atoms with Crippen LogP contribution in [0.3, 0.4) is 0 Å². The molecule has 2 N–H and O–H groups in total. The van der Waals surface area contributed by atoms with E-state index in [1.807, 2.05) is 0 Å². The van der Waals surface area contributed by atoms with Gasteiger partial charge in [-0.2, -0.15) is 0 Å². The standard InChI is InChI=1S/CH2N2O5/c4-1(5)2(6)3(7)8/h6H,(H,4,5). The summed E-state index contributed by atoms with van der Waals surface area (Å²) in [5, 5.41) is 22.1. The first-order chi connectivity index (χ1) is 3.55. The highest BCUT2D eigenvalue weighted by molar-refractivity contribution is 5.61. The highest BCUT2D eigenvalue weighted by Crippen LogP contribution is 1.79. The number of hydroxylamine groups is 1. The molecule has 0 aromatic heterocycles. The minimum absolute atomic E-state index is 1.03. The average Bonchev–Trinajstić information content (AvgIpc) is 1.64. The first-order valence-electron chi connectivity index (χ1n) is 1.42. The zero-order valence-electron chi connectivity index (χ0n) is 3.51. The Morgan fingerprint density at radius 1 is 1.75 bits per heavy atom. The molecule has 1 amide bonds. The maximum absolute atomic E-state index is 9.38. The van der Waals surface area contributed by atoms with Gasteiger partial charge in [0.1, 0.15) is 5.17 Å². The van der Waals surface area contributed by atoms with Gasteiger partial charge in [-0.05, 0) is 0 Å². The molecular weight excluding hydrogens is 120 g/mol. The van der Waals surface area contributed by atoms with Gasteiger partial charge in [0.05, 0.1) is 0 Å². The van der Waals surface area contributed by atoms with E-state index >= 15 is 0 Å². The molecular formula is CH2N2O5. The van der Waals surface area contributed by atoms with E-state index in [1.54, 1.807) is 0 Å². The van der Waals surface area contributed by atoms with Gasteiger partial charge < -0.3 is 5.11 Å². The van der Waals surface area contributed by atoms with Crippen LogP contribution >= 0.6 is 0 Å². The van der Waals surface area contributed by atoms with Crippen LogP contribution in [0.15, 0.2) is 0 Å². The number of carboxylic acid groups (broad SMARTS) is 1. The molecule has 46 valence electrons. The van der Waals surface area contributed by atoms with Crippen molar-refractivity contribution >= 4 is 6.09 Å². The van der Waals surface area contributed by atoms with E-state index in [0.717, 1.165) is 0 Å².